The number of nitro benzene ring substituents is 1. The third-order valence-electron chi connectivity index (χ3n) is 2.72. The molecule has 0 bridgehead atoms. The highest BCUT2D eigenvalue weighted by molar-refractivity contribution is 6.00. The number of nitrogens with one attached hydrogen (secondary N) is 1. The minimum atomic E-state index is -0.756. The number of nitrogens with zero attached hydrogens (tertiary/aromatic N) is 1. The number of methoxy groups -OCH3 is 1. The van der Waals surface area contributed by atoms with E-state index in [9.17, 15) is 14.9 Å². The topological polar surface area (TPSA) is 134 Å². The van der Waals surface area contributed by atoms with E-state index >= 15 is 0 Å². The van der Waals surface area contributed by atoms with Crippen molar-refractivity contribution in [3.63, 3.8) is 0 Å². The lowest BCUT2D eigenvalue weighted by Crippen LogP contribution is -2.16. The maximum atomic E-state index is 11.4. The molecule has 0 saturated carbocycles. The van der Waals surface area contributed by atoms with E-state index in [2.05, 4.69) is 5.32 Å². The number of halogens is 1. The van der Waals surface area contributed by atoms with Gasteiger partial charge >= 0.3 is 0 Å². The minimum absolute atomic E-state index is 0. The number of non-ortho nitro benzene ring substituents is 1. The molecule has 0 spiro atoms. The Labute approximate surface area is 128 Å². The lowest BCUT2D eigenvalue weighted by atomic mass is 10.1. The molecule has 0 saturated heterocycles. The minimum Gasteiger partial charge on any atom is -0.494 e. The summed E-state index contributed by atoms with van der Waals surface area (Å²) in [4.78, 5) is 21.7. The first kappa shape index (κ1) is 18.9. The molecule has 118 valence electrons. The van der Waals surface area contributed by atoms with Crippen molar-refractivity contribution < 1.29 is 14.5 Å². The summed E-state index contributed by atoms with van der Waals surface area (Å²) in [7, 11) is 1.37. The van der Waals surface area contributed by atoms with Crippen LogP contribution in [0.3, 0.4) is 0 Å². The van der Waals surface area contributed by atoms with Crippen molar-refractivity contribution in [3.8, 4) is 5.75 Å². The van der Waals surface area contributed by atoms with E-state index in [0.717, 1.165) is 18.9 Å². The number of unbranched alkanes of at least 4 members (excludes halogenated alkanes) is 1. The molecule has 0 fully saturated rings. The van der Waals surface area contributed by atoms with Crippen molar-refractivity contribution in [2.75, 3.05) is 25.5 Å². The number of nitrogens with two attached hydrogens (primary N) is 2. The van der Waals surface area contributed by atoms with Gasteiger partial charge in [0.25, 0.3) is 11.6 Å². The molecule has 8 nitrogen and oxygen atoms in total. The Balaban J connectivity index is 0.00000400. The molecule has 21 heavy (non-hydrogen) atoms. The zero-order valence-corrected chi connectivity index (χ0v) is 12.4. The maximum absolute atomic E-state index is 11.4. The maximum Gasteiger partial charge on any atom is 0.274 e. The highest BCUT2D eigenvalue weighted by Crippen LogP contribution is 2.33. The fourth-order valence-corrected chi connectivity index (χ4v) is 1.73. The molecule has 0 heterocycles. The largest absolute Gasteiger partial charge is 0.494 e. The SMILES string of the molecule is COc1cc([N+](=O)[O-])cc(C(N)=O)c1NCCCCN.Cl. The Morgan fingerprint density at radius 2 is 2.10 bits per heavy atom. The molecule has 0 radical (unpaired) electrons. The second kappa shape index (κ2) is 8.98. The van der Waals surface area contributed by atoms with E-state index in [1.165, 1.54) is 13.2 Å². The lowest BCUT2D eigenvalue weighted by molar-refractivity contribution is -0.384. The summed E-state index contributed by atoms with van der Waals surface area (Å²) in [6, 6.07) is 2.38. The van der Waals surface area contributed by atoms with E-state index in [4.69, 9.17) is 16.2 Å². The van der Waals surface area contributed by atoms with Crippen molar-refractivity contribution in [2.24, 2.45) is 11.5 Å². The highest BCUT2D eigenvalue weighted by Gasteiger charge is 2.20. The van der Waals surface area contributed by atoms with Gasteiger partial charge in [-0.15, -0.1) is 12.4 Å². The standard InChI is InChI=1S/C12H18N4O4.ClH/c1-20-10-7-8(16(18)19)6-9(12(14)17)11(10)15-5-3-2-4-13;/h6-7,15H,2-5,13H2,1H3,(H2,14,17);1H. The van der Waals surface area contributed by atoms with E-state index in [1.54, 1.807) is 0 Å². The predicted octanol–water partition coefficient (Wildman–Crippen LogP) is 1.27. The monoisotopic (exact) mass is 318 g/mol. The number of primary amides is 1. The predicted molar refractivity (Wildman–Crippen MR) is 82.2 cm³/mol. The van der Waals surface area contributed by atoms with Gasteiger partial charge in [-0.25, -0.2) is 0 Å². The molecule has 1 rings (SSSR count). The second-order valence-corrected chi connectivity index (χ2v) is 4.11. The average molecular weight is 319 g/mol. The fourth-order valence-electron chi connectivity index (χ4n) is 1.73. The average Bonchev–Trinajstić information content (AvgIpc) is 2.42. The smallest absolute Gasteiger partial charge is 0.274 e. The summed E-state index contributed by atoms with van der Waals surface area (Å²) in [5.41, 5.74) is 10.8. The molecule has 0 aromatic heterocycles. The Kier molecular flexibility index (Phi) is 8.10. The van der Waals surface area contributed by atoms with Crippen LogP contribution in [0, 0.1) is 10.1 Å². The fraction of sp³-hybridized carbons (Fsp3) is 0.417. The summed E-state index contributed by atoms with van der Waals surface area (Å²) in [6.07, 6.45) is 1.63. The van der Waals surface area contributed by atoms with Gasteiger partial charge in [-0.1, -0.05) is 0 Å². The Bertz CT molecular complexity index is 510. The molecule has 1 amide bonds. The van der Waals surface area contributed by atoms with Crippen LogP contribution in [0.4, 0.5) is 11.4 Å². The van der Waals surface area contributed by atoms with Crippen LogP contribution in [-0.2, 0) is 0 Å². The van der Waals surface area contributed by atoms with Crippen molar-refractivity contribution in [3.05, 3.63) is 27.8 Å². The molecule has 5 N–H and O–H groups in total. The van der Waals surface area contributed by atoms with Gasteiger partial charge in [0.2, 0.25) is 0 Å². The number of carbonyl (C=O) groups excluding carboxylic acids is 1. The highest BCUT2D eigenvalue weighted by atomic mass is 35.5. The van der Waals surface area contributed by atoms with Gasteiger partial charge in [0.1, 0.15) is 5.75 Å². The number of nitro groups is 1. The van der Waals surface area contributed by atoms with Crippen LogP contribution in [0.15, 0.2) is 12.1 Å². The van der Waals surface area contributed by atoms with Gasteiger partial charge in [0.15, 0.2) is 0 Å². The van der Waals surface area contributed by atoms with E-state index in [-0.39, 0.29) is 29.4 Å². The van der Waals surface area contributed by atoms with Crippen molar-refractivity contribution in [1.29, 1.82) is 0 Å². The summed E-state index contributed by atoms with van der Waals surface area (Å²) in [6.45, 7) is 1.13. The van der Waals surface area contributed by atoms with Crippen molar-refractivity contribution in [2.45, 2.75) is 12.8 Å². The molecule has 0 aliphatic heterocycles. The van der Waals surface area contributed by atoms with Gasteiger partial charge in [-0.3, -0.25) is 14.9 Å². The number of ether oxygens (including phenoxy) is 1. The van der Waals surface area contributed by atoms with Gasteiger partial charge in [-0.05, 0) is 19.4 Å². The molecule has 0 unspecified atom stereocenters. The van der Waals surface area contributed by atoms with Gasteiger partial charge in [-0.2, -0.15) is 0 Å². The molecule has 1 aromatic rings. The molecule has 9 heteroatoms. The summed E-state index contributed by atoms with van der Waals surface area (Å²) in [5.74, 6) is -0.547. The summed E-state index contributed by atoms with van der Waals surface area (Å²) in [5, 5.41) is 13.8. The van der Waals surface area contributed by atoms with Crippen LogP contribution >= 0.6 is 12.4 Å². The normalized spacial score (nSPS) is 9.62. The van der Waals surface area contributed by atoms with Crippen LogP contribution in [0.25, 0.3) is 0 Å². The third kappa shape index (κ3) is 5.09. The molecule has 0 aliphatic rings. The zero-order chi connectivity index (χ0) is 15.1. The molecular weight excluding hydrogens is 300 g/mol. The Morgan fingerprint density at radius 3 is 2.57 bits per heavy atom. The molecule has 1 aromatic carbocycles. The van der Waals surface area contributed by atoms with Crippen LogP contribution in [0.5, 0.6) is 5.75 Å². The van der Waals surface area contributed by atoms with E-state index in [1.807, 2.05) is 0 Å². The lowest BCUT2D eigenvalue weighted by Gasteiger charge is -2.14. The number of amides is 1. The van der Waals surface area contributed by atoms with E-state index < -0.39 is 10.8 Å². The molecular formula is C12H19ClN4O4. The number of hydrogen-bond acceptors (Lipinski definition) is 6. The van der Waals surface area contributed by atoms with E-state index in [0.29, 0.717) is 18.8 Å². The van der Waals surface area contributed by atoms with Gasteiger partial charge < -0.3 is 21.5 Å². The van der Waals surface area contributed by atoms with Crippen LogP contribution < -0.4 is 21.5 Å². The number of rotatable bonds is 8. The van der Waals surface area contributed by atoms with Gasteiger partial charge in [0.05, 0.1) is 29.4 Å². The first-order valence-electron chi connectivity index (χ1n) is 6.11. The summed E-state index contributed by atoms with van der Waals surface area (Å²) >= 11 is 0. The Morgan fingerprint density at radius 1 is 1.43 bits per heavy atom. The quantitative estimate of drug-likeness (QED) is 0.375. The zero-order valence-electron chi connectivity index (χ0n) is 11.6. The van der Waals surface area contributed by atoms with Crippen molar-refractivity contribution >= 4 is 29.7 Å². The first-order valence-corrected chi connectivity index (χ1v) is 6.11. The Hall–Kier alpha value is -2.06. The van der Waals surface area contributed by atoms with Crippen LogP contribution in [0.1, 0.15) is 23.2 Å². The number of benzene rings is 1. The number of hydrogen-bond donors (Lipinski definition) is 3. The first-order chi connectivity index (χ1) is 9.51. The molecule has 0 atom stereocenters. The second-order valence-electron chi connectivity index (χ2n) is 4.11. The van der Waals surface area contributed by atoms with Crippen molar-refractivity contribution in [1.82, 2.24) is 0 Å². The summed E-state index contributed by atoms with van der Waals surface area (Å²) < 4.78 is 5.08. The van der Waals surface area contributed by atoms with Crippen LogP contribution in [0.2, 0.25) is 0 Å². The van der Waals surface area contributed by atoms with Gasteiger partial charge in [0, 0.05) is 12.6 Å². The third-order valence-corrected chi connectivity index (χ3v) is 2.72. The molecule has 0 aliphatic carbocycles. The number of carbonyl (C=O) groups is 1. The number of anilines is 1. The van der Waals surface area contributed by atoms with Crippen LogP contribution in [-0.4, -0.2) is 31.0 Å².